The number of benzene rings is 1. The van der Waals surface area contributed by atoms with Crippen molar-refractivity contribution in [2.45, 2.75) is 25.8 Å². The summed E-state index contributed by atoms with van der Waals surface area (Å²) in [6.45, 7) is 2.04. The average Bonchev–Trinajstić information content (AvgIpc) is 2.94. The second-order valence-electron chi connectivity index (χ2n) is 5.32. The standard InChI is InChI=1S/C16H22N2O2/c17-8-9-20-16-7-2-1-4-14(16)11-18-10-13-5-3-6-15(13)12-19/h1-2,4,7,13,15,18-19H,3,5-6,9-12H2. The van der Waals surface area contributed by atoms with Gasteiger partial charge in [0.25, 0.3) is 0 Å². The first kappa shape index (κ1) is 14.8. The van der Waals surface area contributed by atoms with Crippen LogP contribution in [0.3, 0.4) is 0 Å². The fraction of sp³-hybridized carbons (Fsp3) is 0.562. The monoisotopic (exact) mass is 274 g/mol. The minimum absolute atomic E-state index is 0.0756. The Bertz CT molecular complexity index is 456. The molecule has 2 unspecified atom stereocenters. The SMILES string of the molecule is N#CCOc1ccccc1CNCC1CCCC1CO. The molecule has 2 atom stereocenters. The Morgan fingerprint density at radius 1 is 1.30 bits per heavy atom. The summed E-state index contributed by atoms with van der Waals surface area (Å²) in [7, 11) is 0. The maximum atomic E-state index is 9.32. The Balaban J connectivity index is 1.83. The number of para-hydroxylation sites is 1. The molecule has 4 heteroatoms. The van der Waals surface area contributed by atoms with Crippen molar-refractivity contribution in [3.8, 4) is 11.8 Å². The lowest BCUT2D eigenvalue weighted by Crippen LogP contribution is -2.26. The lowest BCUT2D eigenvalue weighted by molar-refractivity contribution is 0.192. The number of aliphatic hydroxyl groups excluding tert-OH is 1. The third-order valence-electron chi connectivity index (χ3n) is 4.04. The van der Waals surface area contributed by atoms with Crippen LogP contribution in [0.4, 0.5) is 0 Å². The molecule has 1 aromatic carbocycles. The highest BCUT2D eigenvalue weighted by Gasteiger charge is 2.25. The molecule has 0 saturated heterocycles. The first-order chi connectivity index (χ1) is 9.85. The maximum absolute atomic E-state index is 9.32. The van der Waals surface area contributed by atoms with Gasteiger partial charge >= 0.3 is 0 Å². The first-order valence-electron chi connectivity index (χ1n) is 7.24. The van der Waals surface area contributed by atoms with Gasteiger partial charge in [0, 0.05) is 18.7 Å². The third-order valence-corrected chi connectivity index (χ3v) is 4.04. The van der Waals surface area contributed by atoms with Crippen molar-refractivity contribution < 1.29 is 9.84 Å². The molecule has 0 aromatic heterocycles. The second kappa shape index (κ2) is 7.88. The molecule has 0 aliphatic heterocycles. The van der Waals surface area contributed by atoms with E-state index in [0.717, 1.165) is 30.8 Å². The fourth-order valence-electron chi connectivity index (χ4n) is 2.92. The molecule has 20 heavy (non-hydrogen) atoms. The number of nitriles is 1. The molecule has 2 rings (SSSR count). The third kappa shape index (κ3) is 3.96. The average molecular weight is 274 g/mol. The van der Waals surface area contributed by atoms with Crippen molar-refractivity contribution in [2.24, 2.45) is 11.8 Å². The van der Waals surface area contributed by atoms with E-state index in [1.54, 1.807) is 0 Å². The molecule has 0 radical (unpaired) electrons. The number of aliphatic hydroxyl groups is 1. The Hall–Kier alpha value is -1.57. The van der Waals surface area contributed by atoms with E-state index < -0.39 is 0 Å². The number of nitrogens with one attached hydrogen (secondary N) is 1. The minimum Gasteiger partial charge on any atom is -0.478 e. The van der Waals surface area contributed by atoms with Gasteiger partial charge in [-0.05, 0) is 37.3 Å². The molecule has 4 nitrogen and oxygen atoms in total. The highest BCUT2D eigenvalue weighted by atomic mass is 16.5. The molecule has 1 aliphatic rings. The molecule has 1 saturated carbocycles. The van der Waals surface area contributed by atoms with Gasteiger partial charge in [0.2, 0.25) is 0 Å². The van der Waals surface area contributed by atoms with Crippen LogP contribution in [0, 0.1) is 23.2 Å². The van der Waals surface area contributed by atoms with Crippen LogP contribution in [0.1, 0.15) is 24.8 Å². The molecule has 108 valence electrons. The van der Waals surface area contributed by atoms with Gasteiger partial charge < -0.3 is 15.2 Å². The van der Waals surface area contributed by atoms with Crippen LogP contribution in [0.5, 0.6) is 5.75 Å². The zero-order valence-corrected chi connectivity index (χ0v) is 11.7. The second-order valence-corrected chi connectivity index (χ2v) is 5.32. The van der Waals surface area contributed by atoms with Crippen LogP contribution in [0.25, 0.3) is 0 Å². The van der Waals surface area contributed by atoms with E-state index in [1.165, 1.54) is 12.8 Å². The van der Waals surface area contributed by atoms with Crippen molar-refractivity contribution >= 4 is 0 Å². The number of rotatable bonds is 7. The van der Waals surface area contributed by atoms with Gasteiger partial charge in [-0.3, -0.25) is 0 Å². The summed E-state index contributed by atoms with van der Waals surface area (Å²) in [6, 6.07) is 9.77. The van der Waals surface area contributed by atoms with E-state index in [2.05, 4.69) is 5.32 Å². The molecule has 0 heterocycles. The number of hydrogen-bond donors (Lipinski definition) is 2. The van der Waals surface area contributed by atoms with E-state index >= 15 is 0 Å². The summed E-state index contributed by atoms with van der Waals surface area (Å²) >= 11 is 0. The first-order valence-corrected chi connectivity index (χ1v) is 7.24. The topological polar surface area (TPSA) is 65.3 Å². The van der Waals surface area contributed by atoms with Crippen LogP contribution < -0.4 is 10.1 Å². The van der Waals surface area contributed by atoms with Gasteiger partial charge in [-0.1, -0.05) is 24.6 Å². The predicted molar refractivity (Wildman–Crippen MR) is 77.2 cm³/mol. The Morgan fingerprint density at radius 3 is 2.90 bits per heavy atom. The van der Waals surface area contributed by atoms with E-state index in [4.69, 9.17) is 10.00 Å². The van der Waals surface area contributed by atoms with E-state index in [9.17, 15) is 5.11 Å². The smallest absolute Gasteiger partial charge is 0.174 e. The molecular weight excluding hydrogens is 252 g/mol. The molecule has 0 spiro atoms. The number of hydrogen-bond acceptors (Lipinski definition) is 4. The summed E-state index contributed by atoms with van der Waals surface area (Å²) in [6.07, 6.45) is 3.56. The van der Waals surface area contributed by atoms with Crippen LogP contribution in [0.15, 0.2) is 24.3 Å². The van der Waals surface area contributed by atoms with Crippen LogP contribution in [-0.4, -0.2) is 24.9 Å². The summed E-state index contributed by atoms with van der Waals surface area (Å²) in [5.74, 6) is 1.80. The summed E-state index contributed by atoms with van der Waals surface area (Å²) < 4.78 is 5.41. The lowest BCUT2D eigenvalue weighted by Gasteiger charge is -2.18. The predicted octanol–water partition coefficient (Wildman–Crippen LogP) is 2.09. The molecule has 0 bridgehead atoms. The lowest BCUT2D eigenvalue weighted by atomic mass is 9.97. The van der Waals surface area contributed by atoms with Crippen LogP contribution >= 0.6 is 0 Å². The van der Waals surface area contributed by atoms with Crippen molar-refractivity contribution in [2.75, 3.05) is 19.8 Å². The van der Waals surface area contributed by atoms with Crippen LogP contribution in [-0.2, 0) is 6.54 Å². The largest absolute Gasteiger partial charge is 0.478 e. The van der Waals surface area contributed by atoms with Crippen molar-refractivity contribution in [1.82, 2.24) is 5.32 Å². The summed E-state index contributed by atoms with van der Waals surface area (Å²) in [4.78, 5) is 0. The summed E-state index contributed by atoms with van der Waals surface area (Å²) in [5.41, 5.74) is 1.07. The molecule has 1 aromatic rings. The molecule has 1 aliphatic carbocycles. The van der Waals surface area contributed by atoms with Gasteiger partial charge in [0.15, 0.2) is 6.61 Å². The Kier molecular flexibility index (Phi) is 5.85. The van der Waals surface area contributed by atoms with E-state index in [0.29, 0.717) is 18.4 Å². The number of ether oxygens (including phenoxy) is 1. The van der Waals surface area contributed by atoms with Crippen LogP contribution in [0.2, 0.25) is 0 Å². The Labute approximate surface area is 120 Å². The Morgan fingerprint density at radius 2 is 2.10 bits per heavy atom. The number of nitrogens with zero attached hydrogens (tertiary/aromatic N) is 1. The van der Waals surface area contributed by atoms with E-state index in [-0.39, 0.29) is 6.61 Å². The van der Waals surface area contributed by atoms with Crippen molar-refractivity contribution in [1.29, 1.82) is 5.26 Å². The van der Waals surface area contributed by atoms with Gasteiger partial charge in [-0.25, -0.2) is 0 Å². The van der Waals surface area contributed by atoms with Crippen molar-refractivity contribution in [3.63, 3.8) is 0 Å². The van der Waals surface area contributed by atoms with E-state index in [1.807, 2.05) is 30.3 Å². The highest BCUT2D eigenvalue weighted by Crippen LogP contribution is 2.30. The van der Waals surface area contributed by atoms with Gasteiger partial charge in [0.05, 0.1) is 0 Å². The van der Waals surface area contributed by atoms with Gasteiger partial charge in [-0.2, -0.15) is 5.26 Å². The maximum Gasteiger partial charge on any atom is 0.174 e. The van der Waals surface area contributed by atoms with Crippen molar-refractivity contribution in [3.05, 3.63) is 29.8 Å². The minimum atomic E-state index is 0.0756. The van der Waals surface area contributed by atoms with Gasteiger partial charge in [-0.15, -0.1) is 0 Å². The fourth-order valence-corrected chi connectivity index (χ4v) is 2.92. The highest BCUT2D eigenvalue weighted by molar-refractivity contribution is 5.33. The molecule has 1 fully saturated rings. The normalized spacial score (nSPS) is 21.6. The van der Waals surface area contributed by atoms with Gasteiger partial charge in [0.1, 0.15) is 11.8 Å². The zero-order chi connectivity index (χ0) is 14.2. The molecule has 2 N–H and O–H groups in total. The molecular formula is C16H22N2O2. The quantitative estimate of drug-likeness (QED) is 0.799. The zero-order valence-electron chi connectivity index (χ0n) is 11.7. The summed E-state index contributed by atoms with van der Waals surface area (Å²) in [5, 5.41) is 21.3. The molecule has 0 amide bonds.